The molecule has 0 saturated heterocycles. The minimum absolute atomic E-state index is 0.00528. The molecule has 0 saturated carbocycles. The van der Waals surface area contributed by atoms with Gasteiger partial charge in [0.2, 0.25) is 0 Å². The van der Waals surface area contributed by atoms with Crippen LogP contribution in [0.2, 0.25) is 19.6 Å². The largest absolute Gasteiger partial charge is 0.469 e. The number of carbonyl (C=O) groups excluding carboxylic acids is 1. The third-order valence-corrected chi connectivity index (χ3v) is 9.36. The van der Waals surface area contributed by atoms with Crippen LogP contribution in [-0.4, -0.2) is 20.3 Å². The van der Waals surface area contributed by atoms with Gasteiger partial charge >= 0.3 is 5.97 Å². The Bertz CT molecular complexity index is 791. The Kier molecular flexibility index (Phi) is 9.54. The van der Waals surface area contributed by atoms with Crippen LogP contribution < -0.4 is 0 Å². The monoisotopic (exact) mass is 488 g/mol. The van der Waals surface area contributed by atoms with Gasteiger partial charge in [0.25, 0.3) is 0 Å². The summed E-state index contributed by atoms with van der Waals surface area (Å²) in [7, 11) is -1.51. The van der Waals surface area contributed by atoms with E-state index in [4.69, 9.17) is 4.74 Å². The van der Waals surface area contributed by atoms with Gasteiger partial charge in [-0.05, 0) is 59.3 Å². The van der Waals surface area contributed by atoms with Crippen molar-refractivity contribution in [2.24, 2.45) is 27.1 Å². The predicted octanol–water partition coefficient (Wildman–Crippen LogP) is 9.51. The summed E-state index contributed by atoms with van der Waals surface area (Å²) in [5.41, 5.74) is 0.618. The molecule has 1 aromatic carbocycles. The number of benzene rings is 1. The Morgan fingerprint density at radius 3 is 1.76 bits per heavy atom. The van der Waals surface area contributed by atoms with Gasteiger partial charge in [-0.25, -0.2) is 0 Å². The quantitative estimate of drug-likeness (QED) is 0.242. The molecule has 0 spiro atoms. The van der Waals surface area contributed by atoms with Crippen LogP contribution in [-0.2, 0) is 9.53 Å². The van der Waals surface area contributed by atoms with E-state index in [1.54, 1.807) is 0 Å². The average molecular weight is 489 g/mol. The third kappa shape index (κ3) is 7.45. The molecule has 3 heteroatoms. The van der Waals surface area contributed by atoms with Gasteiger partial charge in [-0.1, -0.05) is 119 Å². The SMILES string of the molecule is CCC(C)(C(C)(C)CC(c1ccccc1)C(C)(C)C)C(C)(CC(C)(C)C)C(=O)OC[Si](C)(C)C. The summed E-state index contributed by atoms with van der Waals surface area (Å²) in [5.74, 6) is 0.390. The number of esters is 1. The standard InChI is InChI=1S/C31H56O2Si/c1-15-31(11,30(10,22-27(2,3)4)26(32)33-23-34(12,13)14)29(8,9)21-25(28(5,6)7)24-19-17-16-18-20-24/h16-20,25H,15,21-23H2,1-14H3. The molecule has 0 N–H and O–H groups in total. The van der Waals surface area contributed by atoms with Crippen molar-refractivity contribution in [1.82, 2.24) is 0 Å². The first-order valence-electron chi connectivity index (χ1n) is 13.3. The Morgan fingerprint density at radius 2 is 1.38 bits per heavy atom. The van der Waals surface area contributed by atoms with Crippen molar-refractivity contribution in [1.29, 1.82) is 0 Å². The highest BCUT2D eigenvalue weighted by molar-refractivity contribution is 6.76. The van der Waals surface area contributed by atoms with Crippen LogP contribution in [0.25, 0.3) is 0 Å². The van der Waals surface area contributed by atoms with Crippen LogP contribution in [0.4, 0.5) is 0 Å². The summed E-state index contributed by atoms with van der Waals surface area (Å²) in [6, 6.07) is 10.9. The molecule has 0 aliphatic carbocycles. The number of carbonyl (C=O) groups is 1. The topological polar surface area (TPSA) is 26.3 Å². The Labute approximate surface area is 213 Å². The fraction of sp³-hybridized carbons (Fsp3) is 0.774. The second-order valence-electron chi connectivity index (χ2n) is 15.3. The summed E-state index contributed by atoms with van der Waals surface area (Å²) in [5, 5.41) is 0. The molecule has 0 fully saturated rings. The highest BCUT2D eigenvalue weighted by Crippen LogP contribution is 2.62. The summed E-state index contributed by atoms with van der Waals surface area (Å²) in [6.07, 6.45) is 3.34. The van der Waals surface area contributed by atoms with Gasteiger partial charge in [-0.2, -0.15) is 0 Å². The molecule has 3 atom stereocenters. The second kappa shape index (κ2) is 10.5. The molecule has 0 aliphatic rings. The van der Waals surface area contributed by atoms with E-state index in [1.807, 2.05) is 0 Å². The van der Waals surface area contributed by atoms with Crippen LogP contribution in [0.3, 0.4) is 0 Å². The zero-order valence-electron chi connectivity index (χ0n) is 25.1. The van der Waals surface area contributed by atoms with E-state index in [-0.39, 0.29) is 27.6 Å². The van der Waals surface area contributed by atoms with Gasteiger partial charge < -0.3 is 4.74 Å². The maximum atomic E-state index is 14.0. The van der Waals surface area contributed by atoms with Gasteiger partial charge in [0.1, 0.15) is 0 Å². The molecule has 0 heterocycles. The predicted molar refractivity (Wildman–Crippen MR) is 152 cm³/mol. The maximum Gasteiger partial charge on any atom is 0.312 e. The first-order valence-corrected chi connectivity index (χ1v) is 17.0. The zero-order chi connectivity index (χ0) is 26.8. The van der Waals surface area contributed by atoms with Gasteiger partial charge in [-0.3, -0.25) is 4.79 Å². The van der Waals surface area contributed by atoms with Crippen LogP contribution >= 0.6 is 0 Å². The minimum atomic E-state index is -1.51. The molecule has 0 bridgehead atoms. The summed E-state index contributed by atoms with van der Waals surface area (Å²) in [4.78, 5) is 14.0. The molecule has 0 aromatic heterocycles. The van der Waals surface area contributed by atoms with Crippen molar-refractivity contribution in [2.75, 3.05) is 6.23 Å². The lowest BCUT2D eigenvalue weighted by Gasteiger charge is -2.57. The van der Waals surface area contributed by atoms with Crippen LogP contribution in [0.5, 0.6) is 0 Å². The van der Waals surface area contributed by atoms with Gasteiger partial charge in [0, 0.05) is 0 Å². The summed E-state index contributed by atoms with van der Waals surface area (Å²) in [6.45, 7) is 32.2. The van der Waals surface area contributed by atoms with Crippen molar-refractivity contribution in [3.8, 4) is 0 Å². The molecule has 1 aromatic rings. The van der Waals surface area contributed by atoms with E-state index < -0.39 is 13.5 Å². The van der Waals surface area contributed by atoms with E-state index in [1.165, 1.54) is 5.56 Å². The second-order valence-corrected chi connectivity index (χ2v) is 20.7. The van der Waals surface area contributed by atoms with Gasteiger partial charge in [0.05, 0.1) is 19.7 Å². The highest BCUT2D eigenvalue weighted by atomic mass is 28.3. The molecule has 196 valence electrons. The van der Waals surface area contributed by atoms with Crippen molar-refractivity contribution < 1.29 is 9.53 Å². The molecule has 0 amide bonds. The molecule has 3 unspecified atom stereocenters. The molecule has 2 nitrogen and oxygen atoms in total. The summed E-state index contributed by atoms with van der Waals surface area (Å²) < 4.78 is 6.14. The number of rotatable bonds is 10. The van der Waals surface area contributed by atoms with E-state index in [0.29, 0.717) is 12.1 Å². The molecule has 0 aliphatic heterocycles. The molecular weight excluding hydrogens is 432 g/mol. The maximum absolute atomic E-state index is 14.0. The first-order chi connectivity index (χ1) is 15.1. The normalized spacial score (nSPS) is 18.1. The fourth-order valence-corrected chi connectivity index (χ4v) is 6.52. The Hall–Kier alpha value is -1.09. The minimum Gasteiger partial charge on any atom is -0.469 e. The van der Waals surface area contributed by atoms with Crippen molar-refractivity contribution >= 4 is 14.0 Å². The fourth-order valence-electron chi connectivity index (χ4n) is 5.96. The van der Waals surface area contributed by atoms with E-state index >= 15 is 0 Å². The molecule has 34 heavy (non-hydrogen) atoms. The van der Waals surface area contributed by atoms with Crippen molar-refractivity contribution in [3.05, 3.63) is 35.9 Å². The number of hydrogen-bond acceptors (Lipinski definition) is 2. The lowest BCUT2D eigenvalue weighted by molar-refractivity contribution is -0.176. The van der Waals surface area contributed by atoms with E-state index in [0.717, 1.165) is 19.3 Å². The van der Waals surface area contributed by atoms with Gasteiger partial charge in [0.15, 0.2) is 0 Å². The van der Waals surface area contributed by atoms with Crippen LogP contribution in [0.1, 0.15) is 107 Å². The van der Waals surface area contributed by atoms with E-state index in [2.05, 4.69) is 126 Å². The lowest BCUT2D eigenvalue weighted by Crippen LogP contribution is -2.55. The third-order valence-electron chi connectivity index (χ3n) is 8.35. The van der Waals surface area contributed by atoms with Gasteiger partial charge in [-0.15, -0.1) is 0 Å². The Balaban J connectivity index is 3.58. The number of ether oxygens (including phenoxy) is 1. The first kappa shape index (κ1) is 30.9. The summed E-state index contributed by atoms with van der Waals surface area (Å²) >= 11 is 0. The van der Waals surface area contributed by atoms with Crippen LogP contribution in [0.15, 0.2) is 30.3 Å². The van der Waals surface area contributed by atoms with Crippen LogP contribution in [0, 0.1) is 27.1 Å². The molecule has 0 radical (unpaired) electrons. The molecular formula is C31H56O2Si. The Morgan fingerprint density at radius 1 is 0.882 bits per heavy atom. The molecule has 1 rings (SSSR count). The highest BCUT2D eigenvalue weighted by Gasteiger charge is 2.59. The van der Waals surface area contributed by atoms with E-state index in [9.17, 15) is 4.79 Å². The smallest absolute Gasteiger partial charge is 0.312 e. The average Bonchev–Trinajstić information content (AvgIpc) is 2.67. The zero-order valence-corrected chi connectivity index (χ0v) is 26.1. The lowest BCUT2D eigenvalue weighted by atomic mass is 9.47. The van der Waals surface area contributed by atoms with Crippen molar-refractivity contribution in [3.63, 3.8) is 0 Å². The number of hydrogen-bond donors (Lipinski definition) is 0. The van der Waals surface area contributed by atoms with Crippen molar-refractivity contribution in [2.45, 2.75) is 121 Å².